The van der Waals surface area contributed by atoms with E-state index < -0.39 is 0 Å². The van der Waals surface area contributed by atoms with Crippen molar-refractivity contribution in [2.24, 2.45) is 0 Å². The molecule has 0 aliphatic carbocycles. The van der Waals surface area contributed by atoms with Crippen molar-refractivity contribution in [1.29, 1.82) is 0 Å². The van der Waals surface area contributed by atoms with Gasteiger partial charge in [-0.2, -0.15) is 10.5 Å². The van der Waals surface area contributed by atoms with Crippen molar-refractivity contribution < 1.29 is 4.94 Å². The van der Waals surface area contributed by atoms with Crippen LogP contribution in [0, 0.1) is 0 Å². The van der Waals surface area contributed by atoms with Gasteiger partial charge in [-0.3, -0.25) is 0 Å². The smallest absolute Gasteiger partial charge is 0.106 e. The monoisotopic (exact) mass is 356 g/mol. The molecule has 4 rings (SSSR count). The van der Waals surface area contributed by atoms with Crippen LogP contribution in [0.2, 0.25) is 0 Å². The molecule has 2 heterocycles. The average Bonchev–Trinajstić information content (AvgIpc) is 2.65. The van der Waals surface area contributed by atoms with Crippen molar-refractivity contribution in [1.82, 2.24) is 15.4 Å². The number of anilines is 2. The number of piperazine rings is 1. The molecular weight excluding hydrogens is 331 g/mol. The molecule has 1 unspecified atom stereocenters. The minimum absolute atomic E-state index is 0.0343. The molecule has 0 bridgehead atoms. The Morgan fingerprint density at radius 3 is 2.08 bits per heavy atom. The molecule has 0 radical (unpaired) electrons. The third-order valence-corrected chi connectivity index (χ3v) is 6.18. The molecule has 5 nitrogen and oxygen atoms in total. The van der Waals surface area contributed by atoms with Gasteiger partial charge < -0.3 is 9.80 Å². The summed E-state index contributed by atoms with van der Waals surface area (Å²) in [5, 5.41) is 4.78. The van der Waals surface area contributed by atoms with E-state index in [0.717, 1.165) is 26.2 Å². The number of rotatable bonds is 4. The summed E-state index contributed by atoms with van der Waals surface area (Å²) in [7, 11) is 2.85. The summed E-state index contributed by atoms with van der Waals surface area (Å²) < 4.78 is 0. The van der Waals surface area contributed by atoms with E-state index in [1.807, 2.05) is 5.06 Å². The highest BCUT2D eigenvalue weighted by atomic mass is 31.1. The molecule has 25 heavy (non-hydrogen) atoms. The summed E-state index contributed by atoms with van der Waals surface area (Å²) >= 11 is 0. The zero-order valence-corrected chi connectivity index (χ0v) is 15.8. The van der Waals surface area contributed by atoms with Crippen molar-refractivity contribution in [2.45, 2.75) is 13.1 Å². The Labute approximate surface area is 151 Å². The number of para-hydroxylation sites is 2. The zero-order valence-electron chi connectivity index (χ0n) is 14.8. The number of hydroxylamine groups is 3. The summed E-state index contributed by atoms with van der Waals surface area (Å²) in [6.45, 7) is 6.06. The van der Waals surface area contributed by atoms with E-state index in [9.17, 15) is 0 Å². The van der Waals surface area contributed by atoms with Crippen LogP contribution in [0.4, 0.5) is 11.4 Å². The molecule has 2 aliphatic heterocycles. The topological polar surface area (TPSA) is 31.0 Å². The van der Waals surface area contributed by atoms with E-state index in [1.54, 1.807) is 0 Å². The van der Waals surface area contributed by atoms with Crippen LogP contribution < -0.4 is 21.0 Å². The van der Waals surface area contributed by atoms with Gasteiger partial charge in [-0.25, -0.2) is 4.94 Å². The van der Waals surface area contributed by atoms with Crippen LogP contribution >= 0.6 is 8.58 Å². The highest BCUT2D eigenvalue weighted by Gasteiger charge is 2.26. The standard InChI is InChI=1S/C19H25N4OP/c1-15(20-24-22-13-11-21(2)12-14-22)23-16-7-3-5-9-18(16)25-19-10-6-4-8-17(19)23/h3-10,15,20,25H,11-14H2,1-2H3. The van der Waals surface area contributed by atoms with Crippen LogP contribution in [0.5, 0.6) is 0 Å². The lowest BCUT2D eigenvalue weighted by atomic mass is 10.2. The minimum Gasteiger partial charge on any atom is -0.322 e. The molecule has 0 spiro atoms. The van der Waals surface area contributed by atoms with Gasteiger partial charge in [0.2, 0.25) is 0 Å². The first-order chi connectivity index (χ1) is 12.2. The lowest BCUT2D eigenvalue weighted by Gasteiger charge is -2.39. The van der Waals surface area contributed by atoms with Gasteiger partial charge >= 0.3 is 0 Å². The number of nitrogens with zero attached hydrogens (tertiary/aromatic N) is 3. The maximum absolute atomic E-state index is 5.89. The molecule has 1 atom stereocenters. The number of fused-ring (bicyclic) bond motifs is 2. The molecule has 0 aromatic heterocycles. The van der Waals surface area contributed by atoms with E-state index in [0.29, 0.717) is 8.58 Å². The highest BCUT2D eigenvalue weighted by molar-refractivity contribution is 7.56. The maximum Gasteiger partial charge on any atom is 0.106 e. The van der Waals surface area contributed by atoms with Gasteiger partial charge in [-0.05, 0) is 26.1 Å². The molecule has 2 aromatic carbocycles. The van der Waals surface area contributed by atoms with Crippen LogP contribution in [0.3, 0.4) is 0 Å². The molecule has 6 heteroatoms. The Morgan fingerprint density at radius 2 is 1.48 bits per heavy atom. The van der Waals surface area contributed by atoms with Crippen molar-refractivity contribution in [3.63, 3.8) is 0 Å². The largest absolute Gasteiger partial charge is 0.322 e. The van der Waals surface area contributed by atoms with Crippen LogP contribution in [0.15, 0.2) is 48.5 Å². The first-order valence-corrected chi connectivity index (χ1v) is 9.82. The van der Waals surface area contributed by atoms with E-state index in [-0.39, 0.29) is 6.17 Å². The SMILES string of the molecule is CC(NON1CCN(C)CC1)N1c2ccccc2Pc2ccccc21. The number of hydrogen-bond donors (Lipinski definition) is 1. The van der Waals surface area contributed by atoms with Crippen molar-refractivity contribution in [3.05, 3.63) is 48.5 Å². The maximum atomic E-state index is 5.89. The summed E-state index contributed by atoms with van der Waals surface area (Å²) in [5.74, 6) is 0. The summed E-state index contributed by atoms with van der Waals surface area (Å²) in [4.78, 5) is 10.6. The first-order valence-electron chi connectivity index (χ1n) is 8.82. The molecule has 1 saturated heterocycles. The van der Waals surface area contributed by atoms with E-state index in [4.69, 9.17) is 4.94 Å². The minimum atomic E-state index is 0.0343. The summed E-state index contributed by atoms with van der Waals surface area (Å²) in [5.41, 5.74) is 5.79. The molecule has 2 aliphatic rings. The molecule has 1 fully saturated rings. The van der Waals surface area contributed by atoms with Gasteiger partial charge in [-0.15, -0.1) is 0 Å². The molecule has 0 saturated carbocycles. The zero-order chi connectivity index (χ0) is 17.2. The van der Waals surface area contributed by atoms with E-state index >= 15 is 0 Å². The first kappa shape index (κ1) is 17.0. The lowest BCUT2D eigenvalue weighted by Crippen LogP contribution is -2.51. The Bertz CT molecular complexity index is 687. The van der Waals surface area contributed by atoms with E-state index in [2.05, 4.69) is 77.8 Å². The number of likely N-dealkylation sites (N-methyl/N-ethyl adjacent to an activating group) is 1. The van der Waals surface area contributed by atoms with E-state index in [1.165, 1.54) is 22.0 Å². The Hall–Kier alpha value is -1.49. The number of hydrogen-bond acceptors (Lipinski definition) is 5. The second-order valence-electron chi connectivity index (χ2n) is 6.65. The van der Waals surface area contributed by atoms with Gasteiger partial charge in [0.05, 0.1) is 11.4 Å². The van der Waals surface area contributed by atoms with Gasteiger partial charge in [-0.1, -0.05) is 45.0 Å². The fourth-order valence-electron chi connectivity index (χ4n) is 3.35. The third-order valence-electron chi connectivity index (χ3n) is 4.80. The predicted octanol–water partition coefficient (Wildman–Crippen LogP) is 1.80. The Balaban J connectivity index is 1.52. The second-order valence-corrected chi connectivity index (χ2v) is 7.97. The molecule has 0 amide bonds. The van der Waals surface area contributed by atoms with Crippen LogP contribution in [-0.4, -0.2) is 49.4 Å². The van der Waals surface area contributed by atoms with Gasteiger partial charge in [0.15, 0.2) is 0 Å². The van der Waals surface area contributed by atoms with Crippen molar-refractivity contribution in [2.75, 3.05) is 38.1 Å². The summed E-state index contributed by atoms with van der Waals surface area (Å²) in [6, 6.07) is 17.3. The number of nitrogens with one attached hydrogen (secondary N) is 1. The molecule has 2 aromatic rings. The second kappa shape index (κ2) is 7.40. The third kappa shape index (κ3) is 3.57. The van der Waals surface area contributed by atoms with Crippen LogP contribution in [0.25, 0.3) is 0 Å². The highest BCUT2D eigenvalue weighted by Crippen LogP contribution is 2.35. The number of benzene rings is 2. The normalized spacial score (nSPS) is 19.4. The quantitative estimate of drug-likeness (QED) is 0.667. The van der Waals surface area contributed by atoms with Gasteiger partial charge in [0.1, 0.15) is 6.17 Å². The molecule has 132 valence electrons. The average molecular weight is 356 g/mol. The van der Waals surface area contributed by atoms with Gasteiger partial charge in [0.25, 0.3) is 0 Å². The lowest BCUT2D eigenvalue weighted by molar-refractivity contribution is -0.229. The molecule has 1 N–H and O–H groups in total. The summed E-state index contributed by atoms with van der Waals surface area (Å²) in [6.07, 6.45) is 0.0343. The van der Waals surface area contributed by atoms with Crippen LogP contribution in [0.1, 0.15) is 6.92 Å². The van der Waals surface area contributed by atoms with Crippen molar-refractivity contribution in [3.8, 4) is 0 Å². The van der Waals surface area contributed by atoms with Crippen LogP contribution in [-0.2, 0) is 4.94 Å². The van der Waals surface area contributed by atoms with Crippen molar-refractivity contribution >= 4 is 30.6 Å². The van der Waals surface area contributed by atoms with Gasteiger partial charge in [0, 0.05) is 36.8 Å². The Morgan fingerprint density at radius 1 is 0.920 bits per heavy atom. The predicted molar refractivity (Wildman–Crippen MR) is 105 cm³/mol. The molecular formula is C19H25N4OP. The Kier molecular flexibility index (Phi) is 5.02. The fourth-order valence-corrected chi connectivity index (χ4v) is 4.67. The fraction of sp³-hybridized carbons (Fsp3) is 0.368.